The third kappa shape index (κ3) is 2.72. The molecule has 1 heterocycles. The van der Waals surface area contributed by atoms with Crippen molar-refractivity contribution < 1.29 is 0 Å². The lowest BCUT2D eigenvalue weighted by Crippen LogP contribution is -2.54. The fraction of sp³-hybridized carbons (Fsp3) is 0.833. The van der Waals surface area contributed by atoms with Crippen LogP contribution in [0.5, 0.6) is 0 Å². The van der Waals surface area contributed by atoms with Crippen molar-refractivity contribution in [1.29, 1.82) is 0 Å². The average molecular weight is 378 g/mol. The van der Waals surface area contributed by atoms with Gasteiger partial charge in [0.1, 0.15) is 6.34 Å². The lowest BCUT2D eigenvalue weighted by atomic mass is 10.3. The van der Waals surface area contributed by atoms with Gasteiger partial charge in [0, 0.05) is 6.54 Å². The van der Waals surface area contributed by atoms with Gasteiger partial charge in [-0.3, -0.25) is 8.93 Å². The van der Waals surface area contributed by atoms with Crippen LogP contribution in [-0.2, 0) is 0 Å². The summed E-state index contributed by atoms with van der Waals surface area (Å²) in [5, 5.41) is 5.65. The van der Waals surface area contributed by atoms with Gasteiger partial charge in [0.05, 0.1) is 16.1 Å². The Morgan fingerprint density at radius 3 is 2.27 bits per heavy atom. The predicted molar refractivity (Wildman–Crippen MR) is 70.2 cm³/mol. The number of rotatable bonds is 2. The third-order valence-corrected chi connectivity index (χ3v) is 4.86. The largest absolute Gasteiger partial charge is 0.271 e. The summed E-state index contributed by atoms with van der Waals surface area (Å²) in [6.45, 7) is 2.48. The highest BCUT2D eigenvalue weighted by molar-refractivity contribution is 9.07. The first-order valence-electron chi connectivity index (χ1n) is 3.91. The first kappa shape index (κ1) is 14.3. The summed E-state index contributed by atoms with van der Waals surface area (Å²) in [7, 11) is 0. The first-order chi connectivity index (χ1) is 6.71. The van der Waals surface area contributed by atoms with Gasteiger partial charge < -0.3 is 0 Å². The Morgan fingerprint density at radius 1 is 1.33 bits per heavy atom. The minimum atomic E-state index is -1.83. The zero-order chi connectivity index (χ0) is 11.9. The molecular weight excluding hydrogens is 371 g/mol. The minimum Gasteiger partial charge on any atom is -0.271 e. The van der Waals surface area contributed by atoms with Crippen LogP contribution in [0.15, 0.2) is 5.10 Å². The SMILES string of the molecule is CCN1N=CN(Br)C1C(Cl)(Cl)C(Cl)(Cl)Cl. The Balaban J connectivity index is 2.96. The molecule has 1 aliphatic rings. The van der Waals surface area contributed by atoms with Crippen molar-refractivity contribution in [2.75, 3.05) is 6.54 Å². The lowest BCUT2D eigenvalue weighted by Gasteiger charge is -2.38. The number of nitrogens with zero attached hydrogens (tertiary/aromatic N) is 3. The van der Waals surface area contributed by atoms with E-state index < -0.39 is 14.3 Å². The Hall–Kier alpha value is 1.20. The molecule has 9 heteroatoms. The molecular formula is C6H7BrCl5N3. The van der Waals surface area contributed by atoms with E-state index in [0.717, 1.165) is 0 Å². The van der Waals surface area contributed by atoms with E-state index in [1.54, 1.807) is 5.01 Å². The number of halogens is 6. The van der Waals surface area contributed by atoms with Gasteiger partial charge in [-0.2, -0.15) is 5.10 Å². The molecule has 0 aromatic rings. The van der Waals surface area contributed by atoms with Crippen LogP contribution in [0, 0.1) is 0 Å². The molecule has 0 bridgehead atoms. The molecule has 0 radical (unpaired) electrons. The van der Waals surface area contributed by atoms with Crippen molar-refractivity contribution in [3.63, 3.8) is 0 Å². The third-order valence-electron chi connectivity index (χ3n) is 1.85. The van der Waals surface area contributed by atoms with Crippen LogP contribution < -0.4 is 0 Å². The van der Waals surface area contributed by atoms with Gasteiger partial charge in [0.15, 0.2) is 6.17 Å². The van der Waals surface area contributed by atoms with Gasteiger partial charge in [-0.05, 0) is 6.92 Å². The molecule has 0 aliphatic carbocycles. The fourth-order valence-electron chi connectivity index (χ4n) is 1.11. The Morgan fingerprint density at radius 2 is 1.87 bits per heavy atom. The number of alkyl halides is 5. The fourth-order valence-corrected chi connectivity index (χ4v) is 2.68. The van der Waals surface area contributed by atoms with Gasteiger partial charge >= 0.3 is 0 Å². The Kier molecular flexibility index (Phi) is 4.59. The Labute approximate surface area is 122 Å². The average Bonchev–Trinajstić information content (AvgIpc) is 2.44. The van der Waals surface area contributed by atoms with Gasteiger partial charge in [-0.15, -0.1) is 0 Å². The van der Waals surface area contributed by atoms with E-state index in [9.17, 15) is 0 Å². The van der Waals surface area contributed by atoms with Crippen LogP contribution in [0.2, 0.25) is 0 Å². The van der Waals surface area contributed by atoms with Gasteiger partial charge in [0.2, 0.25) is 8.13 Å². The topological polar surface area (TPSA) is 18.8 Å². The van der Waals surface area contributed by atoms with Crippen LogP contribution in [-0.4, -0.2) is 36.1 Å². The van der Waals surface area contributed by atoms with Crippen LogP contribution >= 0.6 is 74.2 Å². The van der Waals surface area contributed by atoms with Crippen molar-refractivity contribution in [3.8, 4) is 0 Å². The predicted octanol–water partition coefficient (Wildman–Crippen LogP) is 3.75. The van der Waals surface area contributed by atoms with Crippen LogP contribution in [0.3, 0.4) is 0 Å². The number of hydrogen-bond acceptors (Lipinski definition) is 3. The molecule has 15 heavy (non-hydrogen) atoms. The van der Waals surface area contributed by atoms with E-state index in [1.807, 2.05) is 6.92 Å². The molecule has 1 aliphatic heterocycles. The second-order valence-corrected chi connectivity index (χ2v) is 7.31. The highest BCUT2D eigenvalue weighted by Crippen LogP contribution is 2.51. The van der Waals surface area contributed by atoms with E-state index in [0.29, 0.717) is 6.54 Å². The Bertz CT molecular complexity index is 266. The summed E-state index contributed by atoms with van der Waals surface area (Å²) in [6, 6.07) is 0. The molecule has 3 nitrogen and oxygen atoms in total. The van der Waals surface area contributed by atoms with Crippen LogP contribution in [0.1, 0.15) is 6.92 Å². The summed E-state index contributed by atoms with van der Waals surface area (Å²) in [5.41, 5.74) is 0. The summed E-state index contributed by atoms with van der Waals surface area (Å²) < 4.78 is -1.93. The molecule has 1 rings (SSSR count). The normalized spacial score (nSPS) is 22.7. The quantitative estimate of drug-likeness (QED) is 0.539. The molecule has 0 aromatic carbocycles. The van der Waals surface area contributed by atoms with Gasteiger partial charge in [-0.25, -0.2) is 0 Å². The molecule has 0 aromatic heterocycles. The molecule has 0 N–H and O–H groups in total. The molecule has 1 unspecified atom stereocenters. The number of hydrazone groups is 1. The molecule has 0 spiro atoms. The highest BCUT2D eigenvalue weighted by atomic mass is 79.9. The van der Waals surface area contributed by atoms with E-state index in [-0.39, 0.29) is 0 Å². The van der Waals surface area contributed by atoms with Crippen LogP contribution in [0.4, 0.5) is 0 Å². The van der Waals surface area contributed by atoms with Gasteiger partial charge in [-0.1, -0.05) is 58.0 Å². The lowest BCUT2D eigenvalue weighted by molar-refractivity contribution is 0.173. The summed E-state index contributed by atoms with van der Waals surface area (Å²) in [4.78, 5) is 0. The monoisotopic (exact) mass is 375 g/mol. The van der Waals surface area contributed by atoms with Crippen molar-refractivity contribution in [1.82, 2.24) is 8.93 Å². The molecule has 1 atom stereocenters. The van der Waals surface area contributed by atoms with E-state index in [1.165, 1.54) is 10.3 Å². The first-order valence-corrected chi connectivity index (χ1v) is 6.51. The maximum Gasteiger partial charge on any atom is 0.227 e. The highest BCUT2D eigenvalue weighted by Gasteiger charge is 2.56. The van der Waals surface area contributed by atoms with E-state index >= 15 is 0 Å². The van der Waals surface area contributed by atoms with Crippen molar-refractivity contribution in [2.24, 2.45) is 5.10 Å². The molecule has 0 amide bonds. The number of hydrogen-bond donors (Lipinski definition) is 0. The van der Waals surface area contributed by atoms with Gasteiger partial charge in [0.25, 0.3) is 0 Å². The van der Waals surface area contributed by atoms with E-state index in [4.69, 9.17) is 58.0 Å². The second-order valence-electron chi connectivity index (χ2n) is 2.83. The minimum absolute atomic E-state index is 0.585. The zero-order valence-electron chi connectivity index (χ0n) is 7.47. The molecule has 0 saturated heterocycles. The molecule has 88 valence electrons. The standard InChI is InChI=1S/C6H7BrCl5N3/c1-2-15-4(14(7)3-13-15)5(8,9)6(10,11)12/h3-4H,2H2,1H3. The van der Waals surface area contributed by atoms with Crippen molar-refractivity contribution in [3.05, 3.63) is 0 Å². The van der Waals surface area contributed by atoms with Crippen molar-refractivity contribution in [2.45, 2.75) is 21.2 Å². The maximum atomic E-state index is 6.06. The van der Waals surface area contributed by atoms with E-state index in [2.05, 4.69) is 21.2 Å². The summed E-state index contributed by atoms with van der Waals surface area (Å²) >= 11 is 32.5. The maximum absolute atomic E-state index is 6.06. The van der Waals surface area contributed by atoms with Crippen molar-refractivity contribution >= 4 is 80.5 Å². The summed E-state index contributed by atoms with van der Waals surface area (Å²) in [6.07, 6.45) is 0.919. The van der Waals surface area contributed by atoms with Crippen LogP contribution in [0.25, 0.3) is 0 Å². The molecule has 0 fully saturated rings. The summed E-state index contributed by atoms with van der Waals surface area (Å²) in [5.74, 6) is 0. The second kappa shape index (κ2) is 4.83. The zero-order valence-corrected chi connectivity index (χ0v) is 12.8. The molecule has 0 saturated carbocycles. The smallest absolute Gasteiger partial charge is 0.227 e.